The Bertz CT molecular complexity index is 2660. The van der Waals surface area contributed by atoms with E-state index >= 15 is 0 Å². The maximum absolute atomic E-state index is 12.2. The van der Waals surface area contributed by atoms with Gasteiger partial charge in [0.05, 0.1) is 32.3 Å². The van der Waals surface area contributed by atoms with Crippen LogP contribution >= 0.6 is 0 Å². The summed E-state index contributed by atoms with van der Waals surface area (Å²) < 4.78 is 136. The Hall–Kier alpha value is -3.96. The first-order chi connectivity index (χ1) is 27.5. The van der Waals surface area contributed by atoms with Gasteiger partial charge in [-0.15, -0.1) is 0 Å². The normalized spacial score (nSPS) is 21.2. The van der Waals surface area contributed by atoms with Crippen LogP contribution in [0, 0.1) is 0 Å². The molecule has 0 aromatic heterocycles. The maximum atomic E-state index is 12.2. The third kappa shape index (κ3) is 10.0. The molecule has 17 nitrogen and oxygen atoms in total. The molecule has 21 heteroatoms. The third-order valence-corrected chi connectivity index (χ3v) is 15.3. The summed E-state index contributed by atoms with van der Waals surface area (Å²) >= 11 is 0. The Balaban J connectivity index is 1.60. The highest BCUT2D eigenvalue weighted by molar-refractivity contribution is 7.86. The Kier molecular flexibility index (Phi) is 13.1. The third-order valence-electron chi connectivity index (χ3n) is 12.0. The summed E-state index contributed by atoms with van der Waals surface area (Å²) in [6.45, 7) is 9.32. The van der Waals surface area contributed by atoms with Crippen molar-refractivity contribution in [2.75, 3.05) is 36.0 Å². The highest BCUT2D eigenvalue weighted by Crippen LogP contribution is 2.54. The first-order valence-electron chi connectivity index (χ1n) is 19.1. The summed E-state index contributed by atoms with van der Waals surface area (Å²) in [7, 11) is -17.7. The van der Waals surface area contributed by atoms with Crippen molar-refractivity contribution < 1.29 is 66.4 Å². The van der Waals surface area contributed by atoms with Crippen LogP contribution in [0.3, 0.4) is 0 Å². The van der Waals surface area contributed by atoms with Gasteiger partial charge in [0.25, 0.3) is 40.5 Å². The smallest absolute Gasteiger partial charge is 0.322 e. The number of fused-ring (bicyclic) bond motifs is 2. The fraction of sp³-hybridized carbons (Fsp3) is 0.487. The molecular weight excluding hydrogens is 863 g/mol. The second-order valence-electron chi connectivity index (χ2n) is 16.6. The van der Waals surface area contributed by atoms with Crippen LogP contribution in [0.5, 0.6) is 0 Å². The molecule has 0 amide bonds. The summed E-state index contributed by atoms with van der Waals surface area (Å²) in [5.74, 6) is -2.15. The van der Waals surface area contributed by atoms with Gasteiger partial charge < -0.3 is 15.3 Å². The van der Waals surface area contributed by atoms with Gasteiger partial charge in [-0.1, -0.05) is 26.0 Å². The van der Waals surface area contributed by atoms with Crippen molar-refractivity contribution in [1.82, 2.24) is 5.32 Å². The van der Waals surface area contributed by atoms with Crippen molar-refractivity contribution in [2.24, 2.45) is 0 Å². The minimum atomic E-state index is -4.56. The van der Waals surface area contributed by atoms with Gasteiger partial charge in [-0.2, -0.15) is 38.2 Å². The molecule has 0 unspecified atom stereocenters. The number of carboxylic acid groups (broad SMARTS) is 1. The first kappa shape index (κ1) is 47.1. The Morgan fingerprint density at radius 1 is 0.800 bits per heavy atom. The second kappa shape index (κ2) is 16.7. The molecule has 2 heterocycles. The molecule has 0 saturated carbocycles. The molecule has 0 fully saturated rings. The zero-order chi connectivity index (χ0) is 44.9. The van der Waals surface area contributed by atoms with E-state index in [1.165, 1.54) is 30.3 Å². The lowest BCUT2D eigenvalue weighted by molar-refractivity contribution is -0.437. The Labute approximate surface area is 351 Å². The number of hydrogen-bond acceptors (Lipinski definition) is 11. The van der Waals surface area contributed by atoms with Gasteiger partial charge in [-0.25, -0.2) is 0 Å². The summed E-state index contributed by atoms with van der Waals surface area (Å²) in [5.41, 5.74) is 2.54. The van der Waals surface area contributed by atoms with E-state index in [1.54, 1.807) is 6.07 Å². The van der Waals surface area contributed by atoms with Crippen LogP contribution < -0.4 is 10.2 Å². The van der Waals surface area contributed by atoms with Crippen LogP contribution in [-0.2, 0) is 56.1 Å². The molecule has 0 bridgehead atoms. The van der Waals surface area contributed by atoms with E-state index < -0.39 is 80.9 Å². The molecule has 2 aromatic carbocycles. The number of anilines is 1. The molecule has 0 spiro atoms. The number of aliphatic carboxylic acids is 1. The molecule has 5 rings (SSSR count). The first-order valence-corrected chi connectivity index (χ1v) is 25.2. The highest BCUT2D eigenvalue weighted by Gasteiger charge is 2.53. The van der Waals surface area contributed by atoms with Crippen molar-refractivity contribution in [3.05, 3.63) is 82.6 Å². The van der Waals surface area contributed by atoms with Crippen molar-refractivity contribution >= 4 is 63.5 Å². The molecule has 2 aliphatic heterocycles. The minimum Gasteiger partial charge on any atom is -0.480 e. The lowest BCUT2D eigenvalue weighted by atomic mass is 9.69. The summed E-state index contributed by atoms with van der Waals surface area (Å²) in [6, 6.07) is 8.36. The van der Waals surface area contributed by atoms with E-state index in [2.05, 4.69) is 5.32 Å². The molecule has 1 atom stereocenters. The van der Waals surface area contributed by atoms with Crippen LogP contribution in [0.2, 0.25) is 0 Å². The van der Waals surface area contributed by atoms with E-state index in [1.807, 2.05) is 62.3 Å². The quantitative estimate of drug-likeness (QED) is 0.0931. The molecule has 60 heavy (non-hydrogen) atoms. The largest absolute Gasteiger partial charge is 0.480 e. The summed E-state index contributed by atoms with van der Waals surface area (Å²) in [5, 5.41) is 12.8. The van der Waals surface area contributed by atoms with Gasteiger partial charge in [0.2, 0.25) is 5.69 Å². The van der Waals surface area contributed by atoms with E-state index in [-0.39, 0.29) is 35.7 Å². The number of rotatable bonds is 17. The predicted octanol–water partition coefficient (Wildman–Crippen LogP) is 4.65. The van der Waals surface area contributed by atoms with E-state index in [4.69, 9.17) is 0 Å². The predicted molar refractivity (Wildman–Crippen MR) is 225 cm³/mol. The Morgan fingerprint density at radius 3 is 1.97 bits per heavy atom. The fourth-order valence-electron chi connectivity index (χ4n) is 8.59. The van der Waals surface area contributed by atoms with Gasteiger partial charge in [-0.3, -0.25) is 23.0 Å². The molecule has 330 valence electrons. The molecule has 1 aliphatic carbocycles. The fourth-order valence-corrected chi connectivity index (χ4v) is 10.6. The SMILES string of the molecule is CC1(C)C(/C=C/C2=C(NCC(=O)O)C(=C/C[C@]3(C)N(CCCS(=O)(=O)O)c4ccc(S(=O)(=O)O)cc4C3(C)C)/CCC2)=[N+](CCCS(=O)(=O)O)c2ccc(S(=O)(=O)O)cc21. The standard InChI is InChI=1S/C39H51N3O14S4/c1-37(2)30-23-28(59(51,52)53)12-14-32(30)41(19-7-21-57(45,46)47)34(37)16-11-26-9-6-10-27(36(26)40-25-35(43)44)17-18-39(5)38(3,4)31-24-29(60(54,55)56)13-15-33(31)42(39)20-8-22-58(48,49)50/h11-17,23-24H,6-10,18-22,25H2,1-5H3,(H5,43,44,45,46,47,48,49,50,51,52,53,54,55,56)/p+1/b27-17+/t39-/m0/s1. The number of nitrogens with one attached hydrogen (secondary N) is 1. The molecule has 2 aromatic rings. The van der Waals surface area contributed by atoms with Gasteiger partial charge in [-0.05, 0) is 99.9 Å². The zero-order valence-electron chi connectivity index (χ0n) is 33.9. The van der Waals surface area contributed by atoms with Crippen molar-refractivity contribution in [3.8, 4) is 0 Å². The molecular formula is C39H52N3O14S4+. The zero-order valence-corrected chi connectivity index (χ0v) is 37.2. The van der Waals surface area contributed by atoms with Crippen LogP contribution in [0.25, 0.3) is 0 Å². The molecule has 0 saturated heterocycles. The van der Waals surface area contributed by atoms with Crippen LogP contribution in [0.15, 0.2) is 81.3 Å². The topological polar surface area (TPSA) is 273 Å². The van der Waals surface area contributed by atoms with Crippen molar-refractivity contribution in [2.45, 2.75) is 99.3 Å². The van der Waals surface area contributed by atoms with Crippen LogP contribution in [-0.4, -0.2) is 110 Å². The van der Waals surface area contributed by atoms with E-state index in [0.29, 0.717) is 59.6 Å². The highest BCUT2D eigenvalue weighted by atomic mass is 32.2. The number of hydrogen-bond donors (Lipinski definition) is 6. The van der Waals surface area contributed by atoms with Gasteiger partial charge >= 0.3 is 5.97 Å². The van der Waals surface area contributed by atoms with E-state index in [9.17, 15) is 61.8 Å². The van der Waals surface area contributed by atoms with Gasteiger partial charge in [0.1, 0.15) is 13.1 Å². The molecule has 6 N–H and O–H groups in total. The lowest BCUT2D eigenvalue weighted by Crippen LogP contribution is -2.53. The second-order valence-corrected chi connectivity index (χ2v) is 22.6. The number of allylic oxidation sites excluding steroid dienone is 4. The monoisotopic (exact) mass is 914 g/mol. The number of carboxylic acids is 1. The van der Waals surface area contributed by atoms with Crippen molar-refractivity contribution in [3.63, 3.8) is 0 Å². The number of benzene rings is 2. The molecule has 3 aliphatic rings. The average molecular weight is 915 g/mol. The molecule has 0 radical (unpaired) electrons. The number of nitrogens with zero attached hydrogens (tertiary/aromatic N) is 2. The van der Waals surface area contributed by atoms with Crippen LogP contribution in [0.1, 0.15) is 84.3 Å². The van der Waals surface area contributed by atoms with Gasteiger partial charge in [0.15, 0.2) is 5.71 Å². The summed E-state index contributed by atoms with van der Waals surface area (Å²) in [6.07, 6.45) is 7.73. The Morgan fingerprint density at radius 2 is 1.38 bits per heavy atom. The van der Waals surface area contributed by atoms with Crippen molar-refractivity contribution in [1.29, 1.82) is 0 Å². The van der Waals surface area contributed by atoms with Crippen LogP contribution in [0.4, 0.5) is 11.4 Å². The number of carbonyl (C=O) groups is 1. The summed E-state index contributed by atoms with van der Waals surface area (Å²) in [4.78, 5) is 13.3. The van der Waals surface area contributed by atoms with Gasteiger partial charge in [0, 0.05) is 47.5 Å². The van der Waals surface area contributed by atoms with E-state index in [0.717, 1.165) is 11.1 Å². The lowest BCUT2D eigenvalue weighted by Gasteiger charge is -2.45. The maximum Gasteiger partial charge on any atom is 0.322 e. The average Bonchev–Trinajstić information content (AvgIpc) is 3.42. The minimum absolute atomic E-state index is 0.0235.